The van der Waals surface area contributed by atoms with Crippen molar-refractivity contribution in [1.29, 1.82) is 0 Å². The second-order valence-corrected chi connectivity index (χ2v) is 5.93. The Morgan fingerprint density at radius 1 is 1.04 bits per heavy atom. The molecule has 3 heterocycles. The molecule has 1 N–H and O–H groups in total. The molecule has 2 aromatic heterocycles. The lowest BCUT2D eigenvalue weighted by molar-refractivity contribution is 0.415. The molecular formula is C19H20N4O. The van der Waals surface area contributed by atoms with Crippen LogP contribution >= 0.6 is 0 Å². The van der Waals surface area contributed by atoms with Gasteiger partial charge >= 0.3 is 0 Å². The Morgan fingerprint density at radius 3 is 2.75 bits per heavy atom. The summed E-state index contributed by atoms with van der Waals surface area (Å²) in [6.07, 6.45) is 2.96. The molecule has 0 bridgehead atoms. The van der Waals surface area contributed by atoms with Crippen molar-refractivity contribution >= 4 is 0 Å². The number of pyridine rings is 1. The number of rotatable bonds is 3. The van der Waals surface area contributed by atoms with Crippen molar-refractivity contribution in [1.82, 2.24) is 20.1 Å². The van der Waals surface area contributed by atoms with E-state index in [0.29, 0.717) is 0 Å². The first-order chi connectivity index (χ1) is 11.8. The van der Waals surface area contributed by atoms with Gasteiger partial charge in [0.2, 0.25) is 0 Å². The highest BCUT2D eigenvalue weighted by Crippen LogP contribution is 2.26. The van der Waals surface area contributed by atoms with Crippen LogP contribution in [0.5, 0.6) is 5.75 Å². The molecule has 1 aliphatic rings. The van der Waals surface area contributed by atoms with Crippen LogP contribution in [0.3, 0.4) is 0 Å². The Hall–Kier alpha value is -2.66. The number of ether oxygens (including phenoxy) is 1. The highest BCUT2D eigenvalue weighted by molar-refractivity contribution is 5.68. The summed E-state index contributed by atoms with van der Waals surface area (Å²) in [4.78, 5) is 4.50. The fraction of sp³-hybridized carbons (Fsp3) is 0.263. The number of methoxy groups -OCH3 is 1. The fourth-order valence-corrected chi connectivity index (χ4v) is 3.01. The third-order valence-electron chi connectivity index (χ3n) is 4.33. The molecular weight excluding hydrogens is 300 g/mol. The largest absolute Gasteiger partial charge is 0.497 e. The number of hydrogen-bond acceptors (Lipinski definition) is 4. The average Bonchev–Trinajstić information content (AvgIpc) is 2.93. The lowest BCUT2D eigenvalue weighted by Gasteiger charge is -2.05. The summed E-state index contributed by atoms with van der Waals surface area (Å²) in [6, 6.07) is 14.2. The van der Waals surface area contributed by atoms with Crippen LogP contribution in [0, 0.1) is 0 Å². The molecule has 0 atom stereocenters. The Labute approximate surface area is 141 Å². The van der Waals surface area contributed by atoms with Gasteiger partial charge in [0.05, 0.1) is 24.2 Å². The van der Waals surface area contributed by atoms with Crippen LogP contribution in [-0.2, 0) is 13.1 Å². The number of fused-ring (bicyclic) bond motifs is 1. The van der Waals surface area contributed by atoms with Crippen molar-refractivity contribution in [2.75, 3.05) is 13.7 Å². The number of aryl methyl sites for hydroxylation is 1. The van der Waals surface area contributed by atoms with Gasteiger partial charge < -0.3 is 10.1 Å². The number of aromatic nitrogens is 3. The van der Waals surface area contributed by atoms with Gasteiger partial charge in [-0.2, -0.15) is 5.10 Å². The van der Waals surface area contributed by atoms with Crippen LogP contribution in [0.2, 0.25) is 0 Å². The number of nitrogens with one attached hydrogen (secondary N) is 1. The second-order valence-electron chi connectivity index (χ2n) is 5.93. The van der Waals surface area contributed by atoms with Crippen LogP contribution in [-0.4, -0.2) is 28.4 Å². The van der Waals surface area contributed by atoms with E-state index in [4.69, 9.17) is 9.84 Å². The Kier molecular flexibility index (Phi) is 4.01. The van der Waals surface area contributed by atoms with Crippen molar-refractivity contribution in [3.63, 3.8) is 0 Å². The van der Waals surface area contributed by atoms with Gasteiger partial charge in [0.1, 0.15) is 5.75 Å². The van der Waals surface area contributed by atoms with E-state index in [1.807, 2.05) is 36.5 Å². The standard InChI is InChI=1S/C19H20N4O/c1-24-17-5-3-14(4-6-17)18-11-15(7-9-21-18)19-12-16-13-20-8-2-10-23(16)22-19/h3-7,9,11-12,20H,2,8,10,13H2,1H3. The van der Waals surface area contributed by atoms with Gasteiger partial charge in [-0.15, -0.1) is 0 Å². The number of nitrogens with zero attached hydrogens (tertiary/aromatic N) is 3. The molecule has 1 aromatic carbocycles. The summed E-state index contributed by atoms with van der Waals surface area (Å²) in [7, 11) is 1.67. The van der Waals surface area contributed by atoms with E-state index >= 15 is 0 Å². The summed E-state index contributed by atoms with van der Waals surface area (Å²) in [5, 5.41) is 8.20. The Bertz CT molecular complexity index is 815. The number of benzene rings is 1. The Balaban J connectivity index is 1.67. The van der Waals surface area contributed by atoms with Crippen LogP contribution in [0.1, 0.15) is 12.1 Å². The topological polar surface area (TPSA) is 52.0 Å². The maximum atomic E-state index is 5.22. The van der Waals surface area contributed by atoms with Gasteiger partial charge in [0, 0.05) is 30.4 Å². The summed E-state index contributed by atoms with van der Waals surface area (Å²) < 4.78 is 7.33. The third kappa shape index (κ3) is 2.90. The molecule has 4 rings (SSSR count). The van der Waals surface area contributed by atoms with E-state index in [1.54, 1.807) is 7.11 Å². The first-order valence-corrected chi connectivity index (χ1v) is 8.22. The number of hydrogen-bond donors (Lipinski definition) is 1. The monoisotopic (exact) mass is 320 g/mol. The zero-order chi connectivity index (χ0) is 16.4. The van der Waals surface area contributed by atoms with E-state index < -0.39 is 0 Å². The van der Waals surface area contributed by atoms with Crippen molar-refractivity contribution < 1.29 is 4.74 Å². The zero-order valence-corrected chi connectivity index (χ0v) is 13.7. The quantitative estimate of drug-likeness (QED) is 0.805. The van der Waals surface area contributed by atoms with Gasteiger partial charge in [0.15, 0.2) is 0 Å². The molecule has 0 spiro atoms. The third-order valence-corrected chi connectivity index (χ3v) is 4.33. The van der Waals surface area contributed by atoms with E-state index in [0.717, 1.165) is 54.3 Å². The second kappa shape index (κ2) is 6.45. The minimum atomic E-state index is 0.847. The van der Waals surface area contributed by atoms with E-state index in [1.165, 1.54) is 5.69 Å². The van der Waals surface area contributed by atoms with Gasteiger partial charge in [-0.05, 0) is 55.4 Å². The first-order valence-electron chi connectivity index (χ1n) is 8.22. The van der Waals surface area contributed by atoms with Gasteiger partial charge in [0.25, 0.3) is 0 Å². The van der Waals surface area contributed by atoms with E-state index in [2.05, 4.69) is 27.1 Å². The summed E-state index contributed by atoms with van der Waals surface area (Å²) in [6.45, 7) is 2.90. The lowest BCUT2D eigenvalue weighted by atomic mass is 10.1. The molecule has 0 unspecified atom stereocenters. The average molecular weight is 320 g/mol. The molecule has 0 aliphatic carbocycles. The summed E-state index contributed by atoms with van der Waals surface area (Å²) >= 11 is 0. The SMILES string of the molecule is COc1ccc(-c2cc(-c3cc4n(n3)CCCNC4)ccn2)cc1. The Morgan fingerprint density at radius 2 is 1.92 bits per heavy atom. The van der Waals surface area contributed by atoms with Crippen LogP contribution in [0.15, 0.2) is 48.7 Å². The van der Waals surface area contributed by atoms with E-state index in [9.17, 15) is 0 Å². The minimum Gasteiger partial charge on any atom is -0.497 e. The molecule has 5 heteroatoms. The van der Waals surface area contributed by atoms with E-state index in [-0.39, 0.29) is 0 Å². The smallest absolute Gasteiger partial charge is 0.118 e. The predicted molar refractivity (Wildman–Crippen MR) is 93.8 cm³/mol. The van der Waals surface area contributed by atoms with Crippen LogP contribution < -0.4 is 10.1 Å². The highest BCUT2D eigenvalue weighted by atomic mass is 16.5. The maximum absolute atomic E-state index is 5.22. The molecule has 0 fully saturated rings. The summed E-state index contributed by atoms with van der Waals surface area (Å²) in [5.74, 6) is 0.847. The highest BCUT2D eigenvalue weighted by Gasteiger charge is 2.12. The predicted octanol–water partition coefficient (Wildman–Crippen LogP) is 3.11. The molecule has 122 valence electrons. The normalized spacial score (nSPS) is 14.0. The molecule has 0 saturated heterocycles. The van der Waals surface area contributed by atoms with Gasteiger partial charge in [-0.3, -0.25) is 9.67 Å². The lowest BCUT2D eigenvalue weighted by Crippen LogP contribution is -2.11. The minimum absolute atomic E-state index is 0.847. The first kappa shape index (κ1) is 14.9. The van der Waals surface area contributed by atoms with Crippen LogP contribution in [0.4, 0.5) is 0 Å². The van der Waals surface area contributed by atoms with Gasteiger partial charge in [-0.25, -0.2) is 0 Å². The molecule has 24 heavy (non-hydrogen) atoms. The molecule has 1 aliphatic heterocycles. The van der Waals surface area contributed by atoms with Crippen LogP contribution in [0.25, 0.3) is 22.5 Å². The molecule has 0 radical (unpaired) electrons. The zero-order valence-electron chi connectivity index (χ0n) is 13.7. The molecule has 0 amide bonds. The van der Waals surface area contributed by atoms with Crippen molar-refractivity contribution in [2.24, 2.45) is 0 Å². The van der Waals surface area contributed by atoms with Crippen molar-refractivity contribution in [3.05, 3.63) is 54.4 Å². The molecule has 3 aromatic rings. The molecule has 0 saturated carbocycles. The fourth-order valence-electron chi connectivity index (χ4n) is 3.01. The maximum Gasteiger partial charge on any atom is 0.118 e. The van der Waals surface area contributed by atoms with Crippen molar-refractivity contribution in [3.8, 4) is 28.3 Å². The summed E-state index contributed by atoms with van der Waals surface area (Å²) in [5.41, 5.74) is 5.35. The van der Waals surface area contributed by atoms with Crippen molar-refractivity contribution in [2.45, 2.75) is 19.5 Å². The van der Waals surface area contributed by atoms with Gasteiger partial charge in [-0.1, -0.05) is 0 Å². The molecule has 5 nitrogen and oxygen atoms in total.